The summed E-state index contributed by atoms with van der Waals surface area (Å²) in [6.45, 7) is 3.32. The number of hydrogen-bond donors (Lipinski definition) is 2. The number of sulfonamides is 1. The maximum atomic E-state index is 11.7. The van der Waals surface area contributed by atoms with E-state index in [0.29, 0.717) is 26.2 Å². The van der Waals surface area contributed by atoms with Gasteiger partial charge in [-0.1, -0.05) is 12.8 Å². The first-order valence-electron chi connectivity index (χ1n) is 5.00. The summed E-state index contributed by atoms with van der Waals surface area (Å²) in [5, 5.41) is 0. The van der Waals surface area contributed by atoms with Crippen molar-refractivity contribution >= 4 is 28.7 Å². The molecular weight excluding hydrogens is 250 g/mol. The highest BCUT2D eigenvalue weighted by atomic mass is 32.2. The van der Waals surface area contributed by atoms with Crippen LogP contribution in [0.3, 0.4) is 0 Å². The molecule has 8 heteroatoms. The molecule has 1 amide bonds. The smallest absolute Gasteiger partial charge is 0.240 e. The first kappa shape index (κ1) is 13.8. The lowest BCUT2D eigenvalue weighted by Crippen LogP contribution is -2.53. The zero-order valence-corrected chi connectivity index (χ0v) is 11.1. The summed E-state index contributed by atoms with van der Waals surface area (Å²) in [7, 11) is -3.14. The van der Waals surface area contributed by atoms with E-state index in [9.17, 15) is 13.2 Å². The van der Waals surface area contributed by atoms with E-state index in [4.69, 9.17) is 0 Å². The number of rotatable bonds is 3. The van der Waals surface area contributed by atoms with Crippen molar-refractivity contribution in [3.63, 3.8) is 0 Å². The molecule has 1 atom stereocenters. The van der Waals surface area contributed by atoms with Gasteiger partial charge in [0, 0.05) is 26.2 Å². The average Bonchev–Trinajstić information content (AvgIpc) is 2.26. The fourth-order valence-electron chi connectivity index (χ4n) is 1.57. The van der Waals surface area contributed by atoms with Gasteiger partial charge < -0.3 is 4.90 Å². The molecule has 0 bridgehead atoms. The van der Waals surface area contributed by atoms with E-state index in [2.05, 4.69) is 17.5 Å². The molecule has 1 aliphatic rings. The van der Waals surface area contributed by atoms with Crippen LogP contribution in [-0.2, 0) is 14.8 Å². The molecule has 6 nitrogen and oxygen atoms in total. The molecule has 0 aromatic heterocycles. The lowest BCUT2D eigenvalue weighted by atomic mass is 10.2. The molecule has 1 fully saturated rings. The third kappa shape index (κ3) is 3.34. The minimum Gasteiger partial charge on any atom is -0.339 e. The van der Waals surface area contributed by atoms with Crippen molar-refractivity contribution in [1.29, 1.82) is 0 Å². The molecule has 0 saturated carbocycles. The van der Waals surface area contributed by atoms with Crippen LogP contribution < -0.4 is 4.72 Å². The quantitative estimate of drug-likeness (QED) is 0.638. The van der Waals surface area contributed by atoms with Gasteiger partial charge in [0.25, 0.3) is 0 Å². The zero-order chi connectivity index (χ0) is 12.3. The number of carbonyl (C=O) groups excluding carboxylic acids is 1. The Labute approximate surface area is 102 Å². The van der Waals surface area contributed by atoms with Gasteiger partial charge in [0.1, 0.15) is 0 Å². The van der Waals surface area contributed by atoms with Crippen molar-refractivity contribution in [2.75, 3.05) is 32.4 Å². The number of thiol groups is 1. The van der Waals surface area contributed by atoms with Gasteiger partial charge in [-0.15, -0.1) is 0 Å². The molecule has 16 heavy (non-hydrogen) atoms. The molecule has 0 radical (unpaired) electrons. The predicted octanol–water partition coefficient (Wildman–Crippen LogP) is -1.09. The third-order valence-corrected chi connectivity index (χ3v) is 4.27. The van der Waals surface area contributed by atoms with Gasteiger partial charge in [-0.3, -0.25) is 9.52 Å². The van der Waals surface area contributed by atoms with Gasteiger partial charge in [0.05, 0.1) is 12.3 Å². The monoisotopic (exact) mass is 267 g/mol. The summed E-state index contributed by atoms with van der Waals surface area (Å²) in [5.74, 6) is -0.0526. The topological polar surface area (TPSA) is 69.7 Å². The van der Waals surface area contributed by atoms with Crippen molar-refractivity contribution < 1.29 is 13.2 Å². The van der Waals surface area contributed by atoms with E-state index in [-0.39, 0.29) is 11.9 Å². The van der Waals surface area contributed by atoms with Crippen LogP contribution in [-0.4, -0.2) is 62.0 Å². The van der Waals surface area contributed by atoms with E-state index < -0.39 is 10.0 Å². The summed E-state index contributed by atoms with van der Waals surface area (Å²) in [5.41, 5.74) is 0. The fraction of sp³-hybridized carbons (Fsp3) is 0.875. The molecule has 1 N–H and O–H groups in total. The first-order chi connectivity index (χ1) is 7.36. The number of carbonyl (C=O) groups is 1. The highest BCUT2D eigenvalue weighted by Gasteiger charge is 2.27. The standard InChI is InChI=1S/C8H17N3O3S2/c1-7(9-15)8(12)10-3-5-11(6-4-10)16(2,13)14/h7,9,15H,3-6H2,1-2H3. The predicted molar refractivity (Wildman–Crippen MR) is 64.6 cm³/mol. The van der Waals surface area contributed by atoms with E-state index in [1.165, 1.54) is 10.6 Å². The first-order valence-corrected chi connectivity index (χ1v) is 7.29. The highest BCUT2D eigenvalue weighted by molar-refractivity contribution is 7.88. The highest BCUT2D eigenvalue weighted by Crippen LogP contribution is 2.07. The minimum atomic E-state index is -3.14. The maximum absolute atomic E-state index is 11.7. The SMILES string of the molecule is CC(NS)C(=O)N1CCN(S(C)(=O)=O)CC1. The second kappa shape index (κ2) is 5.35. The van der Waals surface area contributed by atoms with Crippen LogP contribution >= 0.6 is 12.8 Å². The molecule has 94 valence electrons. The average molecular weight is 267 g/mol. The van der Waals surface area contributed by atoms with Crippen LogP contribution in [0, 0.1) is 0 Å². The van der Waals surface area contributed by atoms with Crippen LogP contribution in [0.25, 0.3) is 0 Å². The number of nitrogens with one attached hydrogen (secondary N) is 1. The van der Waals surface area contributed by atoms with Crippen LogP contribution in [0.1, 0.15) is 6.92 Å². The Bertz CT molecular complexity index is 350. The Balaban J connectivity index is 2.53. The zero-order valence-electron chi connectivity index (χ0n) is 9.38. The van der Waals surface area contributed by atoms with Gasteiger partial charge in [0.2, 0.25) is 15.9 Å². The van der Waals surface area contributed by atoms with E-state index in [0.717, 1.165) is 0 Å². The summed E-state index contributed by atoms with van der Waals surface area (Å²) in [6, 6.07) is -0.354. The van der Waals surface area contributed by atoms with Crippen LogP contribution in [0.4, 0.5) is 0 Å². The lowest BCUT2D eigenvalue weighted by molar-refractivity contribution is -0.133. The summed E-state index contributed by atoms with van der Waals surface area (Å²) < 4.78 is 26.5. The minimum absolute atomic E-state index is 0.0526. The molecule has 1 saturated heterocycles. The van der Waals surface area contributed by atoms with E-state index in [1.54, 1.807) is 11.8 Å². The normalized spacial score (nSPS) is 20.8. The van der Waals surface area contributed by atoms with Gasteiger partial charge in [0.15, 0.2) is 0 Å². The third-order valence-electron chi connectivity index (χ3n) is 2.58. The van der Waals surface area contributed by atoms with E-state index in [1.807, 2.05) is 0 Å². The number of amides is 1. The van der Waals surface area contributed by atoms with Crippen molar-refractivity contribution in [2.45, 2.75) is 13.0 Å². The number of hydrogen-bond acceptors (Lipinski definition) is 5. The Hall–Kier alpha value is -0.310. The number of piperazine rings is 1. The van der Waals surface area contributed by atoms with Crippen molar-refractivity contribution in [2.24, 2.45) is 0 Å². The summed E-state index contributed by atoms with van der Waals surface area (Å²) in [4.78, 5) is 13.4. The van der Waals surface area contributed by atoms with Crippen molar-refractivity contribution in [1.82, 2.24) is 13.9 Å². The Morgan fingerprint density at radius 3 is 2.19 bits per heavy atom. The van der Waals surface area contributed by atoms with Gasteiger partial charge in [-0.05, 0) is 6.92 Å². The van der Waals surface area contributed by atoms with Crippen molar-refractivity contribution in [3.8, 4) is 0 Å². The molecule has 1 rings (SSSR count). The van der Waals surface area contributed by atoms with Gasteiger partial charge in [-0.25, -0.2) is 8.42 Å². The van der Waals surface area contributed by atoms with Gasteiger partial charge in [-0.2, -0.15) is 4.31 Å². The van der Waals surface area contributed by atoms with Gasteiger partial charge >= 0.3 is 0 Å². The van der Waals surface area contributed by atoms with Crippen molar-refractivity contribution in [3.05, 3.63) is 0 Å². The largest absolute Gasteiger partial charge is 0.339 e. The second-order valence-electron chi connectivity index (χ2n) is 3.84. The van der Waals surface area contributed by atoms with Crippen LogP contribution in [0.15, 0.2) is 0 Å². The lowest BCUT2D eigenvalue weighted by Gasteiger charge is -2.34. The second-order valence-corrected chi connectivity index (χ2v) is 6.08. The molecule has 0 aromatic rings. The molecule has 0 aliphatic carbocycles. The van der Waals surface area contributed by atoms with E-state index >= 15 is 0 Å². The Morgan fingerprint density at radius 1 is 1.31 bits per heavy atom. The fourth-order valence-corrected chi connectivity index (χ4v) is 2.51. The summed E-state index contributed by atoms with van der Waals surface area (Å²) in [6.07, 6.45) is 1.18. The van der Waals surface area contributed by atoms with Crippen LogP contribution in [0.5, 0.6) is 0 Å². The molecule has 1 unspecified atom stereocenters. The molecule has 1 heterocycles. The number of nitrogens with zero attached hydrogens (tertiary/aromatic N) is 2. The molecule has 0 spiro atoms. The molecular formula is C8H17N3O3S2. The Kier molecular flexibility index (Phi) is 4.60. The molecule has 0 aromatic carbocycles. The molecule has 1 aliphatic heterocycles. The maximum Gasteiger partial charge on any atom is 0.240 e. The summed E-state index contributed by atoms with van der Waals surface area (Å²) >= 11 is 3.83. The Morgan fingerprint density at radius 2 is 1.81 bits per heavy atom. The van der Waals surface area contributed by atoms with Crippen LogP contribution in [0.2, 0.25) is 0 Å².